The molecule has 0 bridgehead atoms. The number of aromatic nitrogens is 2. The van der Waals surface area contributed by atoms with Crippen molar-refractivity contribution >= 4 is 17.5 Å². The van der Waals surface area contributed by atoms with Gasteiger partial charge in [0.2, 0.25) is 5.95 Å². The minimum Gasteiger partial charge on any atom is -0.478 e. The third kappa shape index (κ3) is 3.18. The molecule has 2 aromatic rings. The molecule has 126 valence electrons. The molecular weight excluding hydrogens is 304 g/mol. The number of rotatable bonds is 4. The summed E-state index contributed by atoms with van der Waals surface area (Å²) in [4.78, 5) is 20.6. The van der Waals surface area contributed by atoms with Gasteiger partial charge in [0.05, 0.1) is 11.7 Å². The summed E-state index contributed by atoms with van der Waals surface area (Å²) in [7, 11) is 0. The van der Waals surface area contributed by atoms with Crippen LogP contribution in [0, 0.1) is 13.8 Å². The summed E-state index contributed by atoms with van der Waals surface area (Å²) in [6, 6.07) is 5.80. The molecule has 0 spiro atoms. The maximum absolute atomic E-state index is 11.8. The second-order valence-electron chi connectivity index (χ2n) is 6.09. The number of nitrogens with zero attached hydrogens (tertiary/aromatic N) is 2. The van der Waals surface area contributed by atoms with Gasteiger partial charge in [-0.1, -0.05) is 13.0 Å². The number of fused-ring (bicyclic) bond motifs is 1. The fraction of sp³-hybridized carbons (Fsp3) is 0.389. The number of hydrogen-bond donors (Lipinski definition) is 2. The van der Waals surface area contributed by atoms with Gasteiger partial charge in [-0.15, -0.1) is 0 Å². The van der Waals surface area contributed by atoms with Crippen molar-refractivity contribution in [1.29, 1.82) is 0 Å². The van der Waals surface area contributed by atoms with Crippen LogP contribution < -0.4 is 15.4 Å². The standard InChI is InChI=1S/C18H22N4O2/c1-5-15-17(23)22-14-7-6-13(8-16(14)24-15)12(4)21-18-19-9-10(2)11(3)20-18/h6-9,12,15H,5H2,1-4H3,(H,22,23)(H,19,20,21)/t12-,15-/m1/s1. The lowest BCUT2D eigenvalue weighted by Gasteiger charge is -2.26. The third-order valence-corrected chi connectivity index (χ3v) is 4.27. The van der Waals surface area contributed by atoms with E-state index in [4.69, 9.17) is 4.74 Å². The Labute approximate surface area is 141 Å². The summed E-state index contributed by atoms with van der Waals surface area (Å²) in [6.45, 7) is 7.92. The Hall–Kier alpha value is -2.63. The van der Waals surface area contributed by atoms with E-state index in [2.05, 4.69) is 20.6 Å². The summed E-state index contributed by atoms with van der Waals surface area (Å²) in [5.74, 6) is 1.21. The van der Waals surface area contributed by atoms with E-state index in [-0.39, 0.29) is 11.9 Å². The maximum Gasteiger partial charge on any atom is 0.265 e. The summed E-state index contributed by atoms with van der Waals surface area (Å²) in [6.07, 6.45) is 2.02. The van der Waals surface area contributed by atoms with Crippen molar-refractivity contribution in [1.82, 2.24) is 9.97 Å². The Balaban J connectivity index is 1.79. The number of amides is 1. The van der Waals surface area contributed by atoms with Crippen LogP contribution in [-0.2, 0) is 4.79 Å². The lowest BCUT2D eigenvalue weighted by Crippen LogP contribution is -2.36. The van der Waals surface area contributed by atoms with Gasteiger partial charge in [0, 0.05) is 11.9 Å². The number of carbonyl (C=O) groups is 1. The molecule has 1 amide bonds. The van der Waals surface area contributed by atoms with Crippen LogP contribution in [-0.4, -0.2) is 22.0 Å². The average molecular weight is 326 g/mol. The normalized spacial score (nSPS) is 17.5. The minimum atomic E-state index is -0.431. The largest absolute Gasteiger partial charge is 0.478 e. The number of nitrogens with one attached hydrogen (secondary N) is 2. The number of anilines is 2. The summed E-state index contributed by atoms with van der Waals surface area (Å²) in [5, 5.41) is 6.18. The van der Waals surface area contributed by atoms with Gasteiger partial charge < -0.3 is 15.4 Å². The van der Waals surface area contributed by atoms with E-state index >= 15 is 0 Å². The molecule has 3 rings (SSSR count). The molecule has 2 heterocycles. The number of benzene rings is 1. The van der Waals surface area contributed by atoms with Gasteiger partial charge in [0.25, 0.3) is 5.91 Å². The summed E-state index contributed by atoms with van der Waals surface area (Å²) >= 11 is 0. The lowest BCUT2D eigenvalue weighted by atomic mass is 10.1. The molecule has 24 heavy (non-hydrogen) atoms. The van der Waals surface area contributed by atoms with Crippen molar-refractivity contribution in [2.75, 3.05) is 10.6 Å². The first kappa shape index (κ1) is 16.2. The van der Waals surface area contributed by atoms with Crippen LogP contribution in [0.15, 0.2) is 24.4 Å². The lowest BCUT2D eigenvalue weighted by molar-refractivity contribution is -0.123. The van der Waals surface area contributed by atoms with Crippen molar-refractivity contribution < 1.29 is 9.53 Å². The fourth-order valence-electron chi connectivity index (χ4n) is 2.57. The first-order chi connectivity index (χ1) is 11.5. The van der Waals surface area contributed by atoms with Crippen LogP contribution in [0.2, 0.25) is 0 Å². The van der Waals surface area contributed by atoms with Gasteiger partial charge in [0.15, 0.2) is 6.10 Å². The molecule has 1 aromatic carbocycles. The summed E-state index contributed by atoms with van der Waals surface area (Å²) < 4.78 is 5.80. The highest BCUT2D eigenvalue weighted by Crippen LogP contribution is 2.33. The monoisotopic (exact) mass is 326 g/mol. The molecule has 2 N–H and O–H groups in total. The van der Waals surface area contributed by atoms with E-state index in [1.165, 1.54) is 0 Å². The Morgan fingerprint density at radius 2 is 2.17 bits per heavy atom. The molecular formula is C18H22N4O2. The number of aryl methyl sites for hydroxylation is 2. The fourth-order valence-corrected chi connectivity index (χ4v) is 2.57. The van der Waals surface area contributed by atoms with Crippen molar-refractivity contribution in [3.05, 3.63) is 41.2 Å². The first-order valence-electron chi connectivity index (χ1n) is 8.16. The maximum atomic E-state index is 11.8. The molecule has 1 aliphatic rings. The molecule has 1 aliphatic heterocycles. The van der Waals surface area contributed by atoms with Gasteiger partial charge >= 0.3 is 0 Å². The Bertz CT molecular complexity index is 776. The van der Waals surface area contributed by atoms with Crippen LogP contribution in [0.3, 0.4) is 0 Å². The number of ether oxygens (including phenoxy) is 1. The molecule has 0 saturated heterocycles. The quantitative estimate of drug-likeness (QED) is 0.901. The molecule has 2 atom stereocenters. The van der Waals surface area contributed by atoms with Crippen LogP contribution in [0.4, 0.5) is 11.6 Å². The van der Waals surface area contributed by atoms with Crippen molar-refractivity contribution in [3.8, 4) is 5.75 Å². The van der Waals surface area contributed by atoms with Crippen molar-refractivity contribution in [3.63, 3.8) is 0 Å². The molecule has 6 nitrogen and oxygen atoms in total. The summed E-state index contributed by atoms with van der Waals surface area (Å²) in [5.41, 5.74) is 3.78. The molecule has 1 aromatic heterocycles. The number of hydrogen-bond acceptors (Lipinski definition) is 5. The van der Waals surface area contributed by atoms with Gasteiger partial charge in [0.1, 0.15) is 5.75 Å². The predicted octanol–water partition coefficient (Wildman–Crippen LogP) is 3.38. The van der Waals surface area contributed by atoms with Crippen LogP contribution in [0.1, 0.15) is 43.1 Å². The van der Waals surface area contributed by atoms with E-state index in [1.54, 1.807) is 0 Å². The Kier molecular flexibility index (Phi) is 4.38. The van der Waals surface area contributed by atoms with E-state index in [1.807, 2.05) is 52.1 Å². The Morgan fingerprint density at radius 1 is 1.38 bits per heavy atom. The molecule has 0 aliphatic carbocycles. The van der Waals surface area contributed by atoms with E-state index in [9.17, 15) is 4.79 Å². The second-order valence-corrected chi connectivity index (χ2v) is 6.09. The molecule has 0 fully saturated rings. The first-order valence-corrected chi connectivity index (χ1v) is 8.16. The van der Waals surface area contributed by atoms with E-state index < -0.39 is 6.10 Å². The molecule has 0 saturated carbocycles. The van der Waals surface area contributed by atoms with Gasteiger partial charge in [-0.25, -0.2) is 9.97 Å². The predicted molar refractivity (Wildman–Crippen MR) is 93.3 cm³/mol. The van der Waals surface area contributed by atoms with Crippen molar-refractivity contribution in [2.45, 2.75) is 46.3 Å². The highest BCUT2D eigenvalue weighted by Gasteiger charge is 2.26. The third-order valence-electron chi connectivity index (χ3n) is 4.27. The molecule has 0 unspecified atom stereocenters. The minimum absolute atomic E-state index is 0.0127. The SMILES string of the molecule is CC[C@H]1Oc2cc([C@@H](C)Nc3ncc(C)c(C)n3)ccc2NC1=O. The Morgan fingerprint density at radius 3 is 2.88 bits per heavy atom. The van der Waals surface area contributed by atoms with Gasteiger partial charge in [-0.05, 0) is 50.5 Å². The molecule has 6 heteroatoms. The van der Waals surface area contributed by atoms with Gasteiger partial charge in [-0.3, -0.25) is 4.79 Å². The van der Waals surface area contributed by atoms with Crippen molar-refractivity contribution in [2.24, 2.45) is 0 Å². The van der Waals surface area contributed by atoms with Crippen LogP contribution in [0.5, 0.6) is 5.75 Å². The zero-order valence-corrected chi connectivity index (χ0v) is 14.4. The zero-order valence-electron chi connectivity index (χ0n) is 14.4. The smallest absolute Gasteiger partial charge is 0.265 e. The average Bonchev–Trinajstić information content (AvgIpc) is 2.57. The van der Waals surface area contributed by atoms with E-state index in [0.29, 0.717) is 23.8 Å². The van der Waals surface area contributed by atoms with Crippen LogP contribution >= 0.6 is 0 Å². The van der Waals surface area contributed by atoms with E-state index in [0.717, 1.165) is 16.8 Å². The van der Waals surface area contributed by atoms with Crippen LogP contribution in [0.25, 0.3) is 0 Å². The number of carbonyl (C=O) groups excluding carboxylic acids is 1. The molecule has 0 radical (unpaired) electrons. The zero-order chi connectivity index (χ0) is 17.3. The highest BCUT2D eigenvalue weighted by molar-refractivity contribution is 5.97. The second kappa shape index (κ2) is 6.47. The topological polar surface area (TPSA) is 76.1 Å². The highest BCUT2D eigenvalue weighted by atomic mass is 16.5. The van der Waals surface area contributed by atoms with Gasteiger partial charge in [-0.2, -0.15) is 0 Å².